The van der Waals surface area contributed by atoms with E-state index < -0.39 is 0 Å². The van der Waals surface area contributed by atoms with Gasteiger partial charge in [-0.05, 0) is 37.1 Å². The number of benzene rings is 1. The summed E-state index contributed by atoms with van der Waals surface area (Å²) in [6, 6.07) is 12.6. The first-order valence-corrected chi connectivity index (χ1v) is 7.15. The Morgan fingerprint density at radius 1 is 1.15 bits per heavy atom. The summed E-state index contributed by atoms with van der Waals surface area (Å²) in [6.07, 6.45) is 1.88. The van der Waals surface area contributed by atoms with Crippen molar-refractivity contribution in [1.29, 1.82) is 0 Å². The molecule has 1 unspecified atom stereocenters. The second-order valence-electron chi connectivity index (χ2n) is 5.02. The summed E-state index contributed by atoms with van der Waals surface area (Å²) >= 11 is 0. The third-order valence-corrected chi connectivity index (χ3v) is 3.41. The number of aryl methyl sites for hydroxylation is 1. The van der Waals surface area contributed by atoms with Crippen LogP contribution < -0.4 is 10.1 Å². The number of rotatable bonds is 7. The molecule has 0 aliphatic rings. The van der Waals surface area contributed by atoms with Crippen molar-refractivity contribution in [2.45, 2.75) is 39.3 Å². The molecule has 0 bridgehead atoms. The van der Waals surface area contributed by atoms with E-state index in [-0.39, 0.29) is 0 Å². The predicted octanol–water partition coefficient (Wildman–Crippen LogP) is 3.57. The molecular formula is C17H23NO2. The molecule has 1 atom stereocenters. The van der Waals surface area contributed by atoms with Gasteiger partial charge in [0.15, 0.2) is 0 Å². The van der Waals surface area contributed by atoms with E-state index in [0.29, 0.717) is 6.04 Å². The Hall–Kier alpha value is -1.74. The highest BCUT2D eigenvalue weighted by Crippen LogP contribution is 2.19. The van der Waals surface area contributed by atoms with Gasteiger partial charge in [0.25, 0.3) is 0 Å². The lowest BCUT2D eigenvalue weighted by Crippen LogP contribution is -2.27. The Balaban J connectivity index is 1.87. The molecule has 0 saturated carbocycles. The molecule has 1 aromatic heterocycles. The number of para-hydroxylation sites is 1. The maximum absolute atomic E-state index is 5.69. The molecule has 0 aliphatic carbocycles. The summed E-state index contributed by atoms with van der Waals surface area (Å²) in [7, 11) is 1.71. The lowest BCUT2D eigenvalue weighted by molar-refractivity contribution is 0.402. The maximum atomic E-state index is 5.69. The summed E-state index contributed by atoms with van der Waals surface area (Å²) in [5.74, 6) is 2.99. The molecule has 2 rings (SSSR count). The molecule has 3 nitrogen and oxygen atoms in total. The van der Waals surface area contributed by atoms with E-state index in [0.717, 1.165) is 36.7 Å². The van der Waals surface area contributed by atoms with Gasteiger partial charge in [-0.15, -0.1) is 0 Å². The van der Waals surface area contributed by atoms with E-state index in [1.54, 1.807) is 7.11 Å². The average molecular weight is 273 g/mol. The summed E-state index contributed by atoms with van der Waals surface area (Å²) in [5, 5.41) is 3.49. The van der Waals surface area contributed by atoms with Gasteiger partial charge in [0.1, 0.15) is 17.3 Å². The van der Waals surface area contributed by atoms with Crippen LogP contribution in [-0.4, -0.2) is 13.2 Å². The molecule has 0 fully saturated rings. The topological polar surface area (TPSA) is 34.4 Å². The van der Waals surface area contributed by atoms with E-state index in [1.807, 2.05) is 30.3 Å². The first kappa shape index (κ1) is 14.7. The second-order valence-corrected chi connectivity index (χ2v) is 5.02. The number of nitrogens with one attached hydrogen (secondary N) is 1. The van der Waals surface area contributed by atoms with Crippen LogP contribution in [0.25, 0.3) is 0 Å². The van der Waals surface area contributed by atoms with Gasteiger partial charge in [0.2, 0.25) is 0 Å². The largest absolute Gasteiger partial charge is 0.496 e. The SMILES string of the molecule is CCc1ccc(CNC(C)Cc2ccccc2OC)o1. The summed E-state index contributed by atoms with van der Waals surface area (Å²) in [6.45, 7) is 5.03. The van der Waals surface area contributed by atoms with Gasteiger partial charge in [-0.25, -0.2) is 0 Å². The third kappa shape index (κ3) is 3.87. The quantitative estimate of drug-likeness (QED) is 0.837. The van der Waals surface area contributed by atoms with Gasteiger partial charge in [-0.2, -0.15) is 0 Å². The van der Waals surface area contributed by atoms with Crippen molar-refractivity contribution in [2.75, 3.05) is 7.11 Å². The zero-order valence-corrected chi connectivity index (χ0v) is 12.5. The van der Waals surface area contributed by atoms with Gasteiger partial charge >= 0.3 is 0 Å². The number of methoxy groups -OCH3 is 1. The van der Waals surface area contributed by atoms with Crippen molar-refractivity contribution < 1.29 is 9.15 Å². The normalized spacial score (nSPS) is 12.3. The molecular weight excluding hydrogens is 250 g/mol. The molecule has 0 spiro atoms. The molecule has 0 radical (unpaired) electrons. The molecule has 20 heavy (non-hydrogen) atoms. The third-order valence-electron chi connectivity index (χ3n) is 3.41. The molecule has 1 N–H and O–H groups in total. The van der Waals surface area contributed by atoms with Crippen molar-refractivity contribution in [2.24, 2.45) is 0 Å². The summed E-state index contributed by atoms with van der Waals surface area (Å²) in [4.78, 5) is 0. The molecule has 0 saturated heterocycles. The minimum Gasteiger partial charge on any atom is -0.496 e. The summed E-state index contributed by atoms with van der Waals surface area (Å²) in [5.41, 5.74) is 1.23. The van der Waals surface area contributed by atoms with Crippen molar-refractivity contribution >= 4 is 0 Å². The molecule has 3 heteroatoms. The predicted molar refractivity (Wildman–Crippen MR) is 81.1 cm³/mol. The van der Waals surface area contributed by atoms with E-state index in [4.69, 9.17) is 9.15 Å². The fraction of sp³-hybridized carbons (Fsp3) is 0.412. The zero-order chi connectivity index (χ0) is 14.4. The monoisotopic (exact) mass is 273 g/mol. The Morgan fingerprint density at radius 2 is 1.90 bits per heavy atom. The first-order chi connectivity index (χ1) is 9.72. The van der Waals surface area contributed by atoms with E-state index in [9.17, 15) is 0 Å². The highest BCUT2D eigenvalue weighted by molar-refractivity contribution is 5.33. The smallest absolute Gasteiger partial charge is 0.122 e. The number of furan rings is 1. The number of ether oxygens (including phenoxy) is 1. The lowest BCUT2D eigenvalue weighted by Gasteiger charge is -2.15. The van der Waals surface area contributed by atoms with Crippen LogP contribution in [0.2, 0.25) is 0 Å². The fourth-order valence-corrected chi connectivity index (χ4v) is 2.26. The molecule has 0 aliphatic heterocycles. The van der Waals surface area contributed by atoms with Crippen LogP contribution in [0, 0.1) is 0 Å². The van der Waals surface area contributed by atoms with Crippen LogP contribution in [0.1, 0.15) is 30.9 Å². The minimum atomic E-state index is 0.362. The maximum Gasteiger partial charge on any atom is 0.122 e. The van der Waals surface area contributed by atoms with Crippen molar-refractivity contribution in [1.82, 2.24) is 5.32 Å². The van der Waals surface area contributed by atoms with E-state index in [2.05, 4.69) is 25.2 Å². The van der Waals surface area contributed by atoms with Crippen LogP contribution >= 0.6 is 0 Å². The molecule has 0 amide bonds. The molecule has 108 valence electrons. The fourth-order valence-electron chi connectivity index (χ4n) is 2.26. The summed E-state index contributed by atoms with van der Waals surface area (Å²) < 4.78 is 11.1. The molecule has 2 aromatic rings. The van der Waals surface area contributed by atoms with Crippen LogP contribution in [0.3, 0.4) is 0 Å². The van der Waals surface area contributed by atoms with Gasteiger partial charge in [0.05, 0.1) is 13.7 Å². The van der Waals surface area contributed by atoms with Crippen molar-refractivity contribution in [3.63, 3.8) is 0 Å². The Morgan fingerprint density at radius 3 is 2.60 bits per heavy atom. The van der Waals surface area contributed by atoms with Crippen LogP contribution in [0.4, 0.5) is 0 Å². The Bertz CT molecular complexity index is 533. The minimum absolute atomic E-state index is 0.362. The Labute approximate surface area is 121 Å². The van der Waals surface area contributed by atoms with Gasteiger partial charge in [-0.3, -0.25) is 0 Å². The lowest BCUT2D eigenvalue weighted by atomic mass is 10.1. The second kappa shape index (κ2) is 7.15. The van der Waals surface area contributed by atoms with Gasteiger partial charge < -0.3 is 14.5 Å². The van der Waals surface area contributed by atoms with E-state index in [1.165, 1.54) is 5.56 Å². The standard InChI is InChI=1S/C17H23NO2/c1-4-15-9-10-16(20-15)12-18-13(2)11-14-7-5-6-8-17(14)19-3/h5-10,13,18H,4,11-12H2,1-3H3. The van der Waals surface area contributed by atoms with Crippen molar-refractivity contribution in [3.8, 4) is 5.75 Å². The average Bonchev–Trinajstić information content (AvgIpc) is 2.94. The van der Waals surface area contributed by atoms with Crippen LogP contribution in [0.5, 0.6) is 5.75 Å². The molecule has 1 aromatic carbocycles. The first-order valence-electron chi connectivity index (χ1n) is 7.15. The van der Waals surface area contributed by atoms with Gasteiger partial charge in [-0.1, -0.05) is 25.1 Å². The van der Waals surface area contributed by atoms with Crippen LogP contribution in [0.15, 0.2) is 40.8 Å². The van der Waals surface area contributed by atoms with Crippen molar-refractivity contribution in [3.05, 3.63) is 53.5 Å². The molecule has 1 heterocycles. The van der Waals surface area contributed by atoms with E-state index >= 15 is 0 Å². The van der Waals surface area contributed by atoms with Gasteiger partial charge in [0, 0.05) is 12.5 Å². The Kier molecular flexibility index (Phi) is 5.24. The number of hydrogen-bond donors (Lipinski definition) is 1. The van der Waals surface area contributed by atoms with Crippen LogP contribution in [-0.2, 0) is 19.4 Å². The highest BCUT2D eigenvalue weighted by atomic mass is 16.5. The number of hydrogen-bond acceptors (Lipinski definition) is 3. The zero-order valence-electron chi connectivity index (χ0n) is 12.5. The highest BCUT2D eigenvalue weighted by Gasteiger charge is 2.08.